The molecule has 0 saturated carbocycles. The van der Waals surface area contributed by atoms with E-state index < -0.39 is 6.10 Å². The van der Waals surface area contributed by atoms with Gasteiger partial charge in [-0.1, -0.05) is 20.8 Å². The van der Waals surface area contributed by atoms with Crippen LogP contribution < -0.4 is 5.32 Å². The Balaban J connectivity index is 2.16. The van der Waals surface area contributed by atoms with E-state index in [1.54, 1.807) is 18.4 Å². The van der Waals surface area contributed by atoms with Crippen LogP contribution in [0.1, 0.15) is 39.1 Å². The van der Waals surface area contributed by atoms with Gasteiger partial charge in [-0.25, -0.2) is 0 Å². The summed E-state index contributed by atoms with van der Waals surface area (Å²) in [5.41, 5.74) is 0.336. The van der Waals surface area contributed by atoms with Gasteiger partial charge < -0.3 is 14.8 Å². The highest BCUT2D eigenvalue weighted by Crippen LogP contribution is 2.17. The second-order valence-corrected chi connectivity index (χ2v) is 5.05. The Kier molecular flexibility index (Phi) is 4.36. The number of furan rings is 1. The van der Waals surface area contributed by atoms with Gasteiger partial charge in [0.05, 0.1) is 6.26 Å². The SMILES string of the molecule is CC(C)(C)CCNCC(O)c1ccco1. The summed E-state index contributed by atoms with van der Waals surface area (Å²) in [7, 11) is 0. The van der Waals surface area contributed by atoms with Gasteiger partial charge in [-0.2, -0.15) is 0 Å². The Labute approximate surface area is 91.5 Å². The lowest BCUT2D eigenvalue weighted by Gasteiger charge is -2.18. The predicted octanol–water partition coefficient (Wildman–Crippen LogP) is 2.34. The number of hydrogen-bond donors (Lipinski definition) is 2. The van der Waals surface area contributed by atoms with E-state index in [0.29, 0.717) is 17.7 Å². The molecule has 1 rings (SSSR count). The van der Waals surface area contributed by atoms with E-state index in [4.69, 9.17) is 4.42 Å². The van der Waals surface area contributed by atoms with Gasteiger partial charge in [-0.15, -0.1) is 0 Å². The third kappa shape index (κ3) is 5.00. The molecule has 0 aliphatic rings. The predicted molar refractivity (Wildman–Crippen MR) is 60.6 cm³/mol. The van der Waals surface area contributed by atoms with Crippen molar-refractivity contribution >= 4 is 0 Å². The molecule has 0 aliphatic carbocycles. The summed E-state index contributed by atoms with van der Waals surface area (Å²) in [4.78, 5) is 0. The van der Waals surface area contributed by atoms with Crippen LogP contribution in [0, 0.1) is 5.41 Å². The third-order valence-electron chi connectivity index (χ3n) is 2.26. The maximum Gasteiger partial charge on any atom is 0.133 e. The summed E-state index contributed by atoms with van der Waals surface area (Å²) in [5.74, 6) is 0.623. The molecule has 0 amide bonds. The first kappa shape index (κ1) is 12.3. The lowest BCUT2D eigenvalue weighted by atomic mass is 9.92. The van der Waals surface area contributed by atoms with Gasteiger partial charge in [0.2, 0.25) is 0 Å². The molecule has 3 heteroatoms. The molecule has 0 bridgehead atoms. The summed E-state index contributed by atoms with van der Waals surface area (Å²) < 4.78 is 5.10. The highest BCUT2D eigenvalue weighted by molar-refractivity contribution is 5.02. The first-order valence-electron chi connectivity index (χ1n) is 5.41. The standard InChI is InChI=1S/C12H21NO2/c1-12(2,3)6-7-13-9-10(14)11-5-4-8-15-11/h4-5,8,10,13-14H,6-7,9H2,1-3H3. The smallest absolute Gasteiger partial charge is 0.133 e. The van der Waals surface area contributed by atoms with E-state index in [1.165, 1.54) is 0 Å². The number of rotatable bonds is 5. The van der Waals surface area contributed by atoms with E-state index in [9.17, 15) is 5.11 Å². The van der Waals surface area contributed by atoms with Crippen molar-refractivity contribution < 1.29 is 9.52 Å². The van der Waals surface area contributed by atoms with E-state index in [2.05, 4.69) is 26.1 Å². The maximum absolute atomic E-state index is 9.68. The van der Waals surface area contributed by atoms with E-state index in [-0.39, 0.29) is 0 Å². The quantitative estimate of drug-likeness (QED) is 0.735. The van der Waals surface area contributed by atoms with Crippen LogP contribution in [-0.2, 0) is 0 Å². The molecule has 1 unspecified atom stereocenters. The molecule has 1 atom stereocenters. The van der Waals surface area contributed by atoms with Gasteiger partial charge in [-0.3, -0.25) is 0 Å². The molecule has 0 spiro atoms. The molecule has 0 saturated heterocycles. The molecule has 2 N–H and O–H groups in total. The van der Waals surface area contributed by atoms with Crippen LogP contribution in [-0.4, -0.2) is 18.2 Å². The average Bonchev–Trinajstić information content (AvgIpc) is 2.63. The Morgan fingerprint density at radius 3 is 2.73 bits per heavy atom. The fourth-order valence-corrected chi connectivity index (χ4v) is 1.28. The van der Waals surface area contributed by atoms with Crippen LogP contribution in [0.2, 0.25) is 0 Å². The highest BCUT2D eigenvalue weighted by Gasteiger charge is 2.11. The molecule has 1 heterocycles. The Morgan fingerprint density at radius 1 is 1.47 bits per heavy atom. The van der Waals surface area contributed by atoms with Gasteiger partial charge in [0.15, 0.2) is 0 Å². The molecular formula is C12H21NO2. The zero-order chi connectivity index (χ0) is 11.3. The van der Waals surface area contributed by atoms with Crippen LogP contribution >= 0.6 is 0 Å². The van der Waals surface area contributed by atoms with Crippen LogP contribution in [0.5, 0.6) is 0 Å². The van der Waals surface area contributed by atoms with Crippen molar-refractivity contribution in [3.05, 3.63) is 24.2 Å². The Hall–Kier alpha value is -0.800. The fourth-order valence-electron chi connectivity index (χ4n) is 1.28. The molecule has 15 heavy (non-hydrogen) atoms. The van der Waals surface area contributed by atoms with Crippen LogP contribution in [0.4, 0.5) is 0 Å². The number of aliphatic hydroxyl groups excluding tert-OH is 1. The average molecular weight is 211 g/mol. The lowest BCUT2D eigenvalue weighted by Crippen LogP contribution is -2.25. The fraction of sp³-hybridized carbons (Fsp3) is 0.667. The van der Waals surface area contributed by atoms with Crippen molar-refractivity contribution in [1.82, 2.24) is 5.32 Å². The first-order chi connectivity index (χ1) is 6.99. The summed E-state index contributed by atoms with van der Waals surface area (Å²) >= 11 is 0. The minimum absolute atomic E-state index is 0.336. The van der Waals surface area contributed by atoms with Crippen LogP contribution in [0.25, 0.3) is 0 Å². The normalized spacial score (nSPS) is 14.1. The van der Waals surface area contributed by atoms with Crippen molar-refractivity contribution in [3.63, 3.8) is 0 Å². The van der Waals surface area contributed by atoms with Crippen molar-refractivity contribution in [2.24, 2.45) is 5.41 Å². The Bertz CT molecular complexity index is 262. The largest absolute Gasteiger partial charge is 0.467 e. The lowest BCUT2D eigenvalue weighted by molar-refractivity contribution is 0.146. The van der Waals surface area contributed by atoms with Gasteiger partial charge in [-0.05, 0) is 30.5 Å². The monoisotopic (exact) mass is 211 g/mol. The van der Waals surface area contributed by atoms with Crippen molar-refractivity contribution in [3.8, 4) is 0 Å². The minimum Gasteiger partial charge on any atom is -0.467 e. The minimum atomic E-state index is -0.542. The molecular weight excluding hydrogens is 190 g/mol. The first-order valence-corrected chi connectivity index (χ1v) is 5.41. The highest BCUT2D eigenvalue weighted by atomic mass is 16.4. The maximum atomic E-state index is 9.68. The second-order valence-electron chi connectivity index (χ2n) is 5.05. The van der Waals surface area contributed by atoms with Gasteiger partial charge >= 0.3 is 0 Å². The summed E-state index contributed by atoms with van der Waals surface area (Å²) in [6, 6.07) is 3.57. The van der Waals surface area contributed by atoms with Gasteiger partial charge in [0, 0.05) is 6.54 Å². The Morgan fingerprint density at radius 2 is 2.20 bits per heavy atom. The van der Waals surface area contributed by atoms with Gasteiger partial charge in [0.25, 0.3) is 0 Å². The molecule has 1 aromatic rings. The molecule has 0 aliphatic heterocycles. The van der Waals surface area contributed by atoms with Crippen LogP contribution in [0.15, 0.2) is 22.8 Å². The van der Waals surface area contributed by atoms with Crippen molar-refractivity contribution in [2.75, 3.05) is 13.1 Å². The number of aliphatic hydroxyl groups is 1. The number of nitrogens with one attached hydrogen (secondary N) is 1. The number of hydrogen-bond acceptors (Lipinski definition) is 3. The molecule has 1 aromatic heterocycles. The van der Waals surface area contributed by atoms with Crippen LogP contribution in [0.3, 0.4) is 0 Å². The summed E-state index contributed by atoms with van der Waals surface area (Å²) in [5, 5.41) is 12.9. The van der Waals surface area contributed by atoms with Crippen molar-refractivity contribution in [1.29, 1.82) is 0 Å². The summed E-state index contributed by atoms with van der Waals surface area (Å²) in [6.07, 6.45) is 2.13. The molecule has 0 fully saturated rings. The van der Waals surface area contributed by atoms with E-state index in [1.807, 2.05) is 0 Å². The zero-order valence-corrected chi connectivity index (χ0v) is 9.79. The molecule has 0 aromatic carbocycles. The topological polar surface area (TPSA) is 45.4 Å². The van der Waals surface area contributed by atoms with Gasteiger partial charge in [0.1, 0.15) is 11.9 Å². The zero-order valence-electron chi connectivity index (χ0n) is 9.79. The van der Waals surface area contributed by atoms with E-state index in [0.717, 1.165) is 13.0 Å². The van der Waals surface area contributed by atoms with Crippen molar-refractivity contribution in [2.45, 2.75) is 33.3 Å². The van der Waals surface area contributed by atoms with E-state index >= 15 is 0 Å². The molecule has 86 valence electrons. The molecule has 0 radical (unpaired) electrons. The second kappa shape index (κ2) is 5.33. The summed E-state index contributed by atoms with van der Waals surface area (Å²) in [6.45, 7) is 8.08. The third-order valence-corrected chi connectivity index (χ3v) is 2.26. The molecule has 3 nitrogen and oxygen atoms in total.